The maximum Gasteiger partial charge on any atom is 0.253 e. The first-order valence-corrected chi connectivity index (χ1v) is 14.2. The number of methoxy groups -OCH3 is 2. The Bertz CT molecular complexity index is 1240. The number of carbonyl (C=O) groups is 1. The first-order chi connectivity index (χ1) is 16.4. The maximum atomic E-state index is 13.3. The average molecular weight is 523 g/mol. The number of carbonyl (C=O) groups excluding carboxylic acids is 1. The van der Waals surface area contributed by atoms with Gasteiger partial charge in [-0.15, -0.1) is 11.3 Å². The molecule has 4 heterocycles. The molecular weight excluding hydrogens is 496 g/mol. The van der Waals surface area contributed by atoms with Gasteiger partial charge < -0.3 is 19.3 Å². The summed E-state index contributed by atoms with van der Waals surface area (Å²) in [5.74, 6) is 1.34. The molecule has 2 aliphatic heterocycles. The Labute approximate surface area is 206 Å². The van der Waals surface area contributed by atoms with Gasteiger partial charge >= 0.3 is 0 Å². The van der Waals surface area contributed by atoms with Crippen LogP contribution < -0.4 is 14.4 Å². The molecule has 0 N–H and O–H groups in total. The fourth-order valence-corrected chi connectivity index (χ4v) is 8.44. The molecule has 0 aliphatic carbocycles. The molecule has 5 rings (SSSR count). The van der Waals surface area contributed by atoms with E-state index in [1.165, 1.54) is 15.6 Å². The van der Waals surface area contributed by atoms with E-state index in [0.717, 1.165) is 21.1 Å². The molecule has 0 bridgehead atoms. The number of fused-ring (bicyclic) bond motifs is 1. The lowest BCUT2D eigenvalue weighted by Crippen LogP contribution is -2.54. The van der Waals surface area contributed by atoms with Crippen LogP contribution >= 0.6 is 22.7 Å². The highest BCUT2D eigenvalue weighted by atomic mass is 32.2. The van der Waals surface area contributed by atoms with Crippen molar-refractivity contribution in [1.82, 2.24) is 14.2 Å². The summed E-state index contributed by atoms with van der Waals surface area (Å²) >= 11 is 2.73. The van der Waals surface area contributed by atoms with Gasteiger partial charge in [-0.2, -0.15) is 4.31 Å². The molecule has 0 spiro atoms. The maximum absolute atomic E-state index is 13.3. The molecule has 34 heavy (non-hydrogen) atoms. The van der Waals surface area contributed by atoms with Crippen LogP contribution in [0, 0.1) is 0 Å². The van der Waals surface area contributed by atoms with E-state index >= 15 is 0 Å². The number of amides is 1. The Morgan fingerprint density at radius 2 is 1.79 bits per heavy atom. The summed E-state index contributed by atoms with van der Waals surface area (Å²) in [6, 6.07) is 6.41. The number of piperazine rings is 1. The normalized spacial score (nSPS) is 19.6. The molecule has 1 atom stereocenters. The summed E-state index contributed by atoms with van der Waals surface area (Å²) < 4.78 is 39.7. The third-order valence-electron chi connectivity index (χ3n) is 6.31. The number of sulfonamides is 1. The van der Waals surface area contributed by atoms with E-state index in [4.69, 9.17) is 14.5 Å². The number of hydrogen-bond donors (Lipinski definition) is 0. The van der Waals surface area contributed by atoms with Gasteiger partial charge in [-0.3, -0.25) is 4.79 Å². The van der Waals surface area contributed by atoms with Crippen molar-refractivity contribution < 1.29 is 22.7 Å². The molecule has 12 heteroatoms. The van der Waals surface area contributed by atoms with Crippen molar-refractivity contribution in [2.45, 2.75) is 23.1 Å². The molecule has 9 nitrogen and oxygen atoms in total. The van der Waals surface area contributed by atoms with Crippen LogP contribution in [0.5, 0.6) is 11.5 Å². The van der Waals surface area contributed by atoms with Crippen LogP contribution in [0.4, 0.5) is 5.13 Å². The zero-order valence-corrected chi connectivity index (χ0v) is 21.4. The minimum Gasteiger partial charge on any atom is -0.495 e. The minimum atomic E-state index is -3.65. The molecule has 1 aromatic carbocycles. The second-order valence-electron chi connectivity index (χ2n) is 8.16. The van der Waals surface area contributed by atoms with Crippen LogP contribution in [0.2, 0.25) is 0 Å². The van der Waals surface area contributed by atoms with Crippen LogP contribution in [-0.4, -0.2) is 81.5 Å². The zero-order valence-electron chi connectivity index (χ0n) is 19.0. The van der Waals surface area contributed by atoms with Gasteiger partial charge in [-0.25, -0.2) is 13.4 Å². The Kier molecular flexibility index (Phi) is 6.40. The van der Waals surface area contributed by atoms with Gasteiger partial charge in [0.15, 0.2) is 5.13 Å². The van der Waals surface area contributed by atoms with E-state index in [0.29, 0.717) is 55.5 Å². The summed E-state index contributed by atoms with van der Waals surface area (Å²) in [5, 5.41) is 2.60. The van der Waals surface area contributed by atoms with Crippen LogP contribution in [0.3, 0.4) is 0 Å². The Hall–Kier alpha value is -2.41. The SMILES string of the molecule is COc1ccc(OC)c2sc(N3CCN(C(=O)[C@@H]4CCCN4S(=O)(=O)c4cccs4)CC3)nc12. The molecular formula is C22H26N4O5S3. The third kappa shape index (κ3) is 4.02. The van der Waals surface area contributed by atoms with Crippen molar-refractivity contribution in [3.05, 3.63) is 29.6 Å². The van der Waals surface area contributed by atoms with E-state index in [1.54, 1.807) is 48.0 Å². The highest BCUT2D eigenvalue weighted by Crippen LogP contribution is 2.40. The number of aromatic nitrogens is 1. The monoisotopic (exact) mass is 522 g/mol. The molecule has 0 radical (unpaired) electrons. The highest BCUT2D eigenvalue weighted by Gasteiger charge is 2.42. The summed E-state index contributed by atoms with van der Waals surface area (Å²) in [5.41, 5.74) is 0.765. The summed E-state index contributed by atoms with van der Waals surface area (Å²) in [6.07, 6.45) is 1.25. The van der Waals surface area contributed by atoms with Crippen LogP contribution in [0.15, 0.2) is 33.9 Å². The van der Waals surface area contributed by atoms with Crippen LogP contribution in [-0.2, 0) is 14.8 Å². The summed E-state index contributed by atoms with van der Waals surface area (Å²) in [4.78, 5) is 22.1. The Balaban J connectivity index is 1.29. The van der Waals surface area contributed by atoms with Gasteiger partial charge in [0.25, 0.3) is 10.0 Å². The number of ether oxygens (including phenoxy) is 2. The van der Waals surface area contributed by atoms with Gasteiger partial charge in [-0.1, -0.05) is 17.4 Å². The third-order valence-corrected chi connectivity index (χ3v) is 10.7. The fourth-order valence-electron chi connectivity index (χ4n) is 4.54. The van der Waals surface area contributed by atoms with Crippen molar-refractivity contribution in [2.24, 2.45) is 0 Å². The lowest BCUT2D eigenvalue weighted by Gasteiger charge is -2.37. The number of benzene rings is 1. The van der Waals surface area contributed by atoms with Gasteiger partial charge in [0, 0.05) is 32.7 Å². The molecule has 3 aromatic rings. The summed E-state index contributed by atoms with van der Waals surface area (Å²) in [7, 11) is -0.393. The van der Waals surface area contributed by atoms with Gasteiger partial charge in [0.05, 0.1) is 14.2 Å². The first kappa shape index (κ1) is 23.3. The quantitative estimate of drug-likeness (QED) is 0.492. The zero-order chi connectivity index (χ0) is 23.9. The molecule has 2 aliphatic rings. The van der Waals surface area contributed by atoms with E-state index in [1.807, 2.05) is 12.1 Å². The second-order valence-corrected chi connectivity index (χ2v) is 12.2. The average Bonchev–Trinajstić information content (AvgIpc) is 3.63. The van der Waals surface area contributed by atoms with Crippen molar-refractivity contribution >= 4 is 54.0 Å². The topological polar surface area (TPSA) is 92.3 Å². The van der Waals surface area contributed by atoms with Gasteiger partial charge in [-0.05, 0) is 36.4 Å². The fraction of sp³-hybridized carbons (Fsp3) is 0.455. The van der Waals surface area contributed by atoms with Gasteiger partial charge in [0.1, 0.15) is 32.0 Å². The van der Waals surface area contributed by atoms with Crippen LogP contribution in [0.25, 0.3) is 10.2 Å². The van der Waals surface area contributed by atoms with Crippen molar-refractivity contribution in [2.75, 3.05) is 51.8 Å². The second kappa shape index (κ2) is 9.33. The molecule has 2 saturated heterocycles. The number of nitrogens with zero attached hydrogens (tertiary/aromatic N) is 4. The molecule has 0 saturated carbocycles. The number of thiazole rings is 1. The highest BCUT2D eigenvalue weighted by molar-refractivity contribution is 7.91. The standard InChI is InChI=1S/C22H26N4O5S3/c1-30-16-7-8-17(31-2)20-19(16)23-22(33-20)25-12-10-24(11-13-25)21(27)15-5-3-9-26(15)34(28,29)18-6-4-14-32-18/h4,6-8,14-15H,3,5,9-13H2,1-2H3/t15-/m0/s1. The predicted octanol–water partition coefficient (Wildman–Crippen LogP) is 2.88. The smallest absolute Gasteiger partial charge is 0.253 e. The number of anilines is 1. The Morgan fingerprint density at radius 3 is 2.47 bits per heavy atom. The number of thiophene rings is 1. The molecule has 2 aromatic heterocycles. The van der Waals surface area contributed by atoms with Gasteiger partial charge in [0.2, 0.25) is 5.91 Å². The van der Waals surface area contributed by atoms with E-state index in [9.17, 15) is 13.2 Å². The van der Waals surface area contributed by atoms with E-state index in [-0.39, 0.29) is 5.91 Å². The first-order valence-electron chi connectivity index (χ1n) is 11.0. The summed E-state index contributed by atoms with van der Waals surface area (Å²) in [6.45, 7) is 2.67. The van der Waals surface area contributed by atoms with E-state index in [2.05, 4.69) is 4.90 Å². The molecule has 0 unspecified atom stereocenters. The van der Waals surface area contributed by atoms with Crippen molar-refractivity contribution in [3.8, 4) is 11.5 Å². The molecule has 2 fully saturated rings. The molecule has 1 amide bonds. The predicted molar refractivity (Wildman–Crippen MR) is 133 cm³/mol. The van der Waals surface area contributed by atoms with Crippen molar-refractivity contribution in [3.63, 3.8) is 0 Å². The van der Waals surface area contributed by atoms with E-state index < -0.39 is 16.1 Å². The van der Waals surface area contributed by atoms with Crippen molar-refractivity contribution in [1.29, 1.82) is 0 Å². The Morgan fingerprint density at radius 1 is 1.06 bits per heavy atom. The minimum absolute atomic E-state index is 0.107. The number of rotatable bonds is 6. The van der Waals surface area contributed by atoms with Crippen LogP contribution in [0.1, 0.15) is 12.8 Å². The lowest BCUT2D eigenvalue weighted by atomic mass is 10.2. The molecule has 182 valence electrons. The largest absolute Gasteiger partial charge is 0.495 e. The lowest BCUT2D eigenvalue weighted by molar-refractivity contribution is -0.134. The number of hydrogen-bond acceptors (Lipinski definition) is 9.